The second-order valence-electron chi connectivity index (χ2n) is 34.0. The highest BCUT2D eigenvalue weighted by Gasteiger charge is 2.29. The summed E-state index contributed by atoms with van der Waals surface area (Å²) in [6, 6.07) is 78.8. The Hall–Kier alpha value is -13.2. The molecule has 3 aliphatic rings. The lowest BCUT2D eigenvalue weighted by Crippen LogP contribution is -2.32. The maximum Gasteiger partial charge on any atom is 0.407 e. The van der Waals surface area contributed by atoms with E-state index in [4.69, 9.17) is 30.4 Å². The van der Waals surface area contributed by atoms with E-state index in [1.54, 1.807) is 115 Å². The molecule has 3 saturated carbocycles. The number of halogens is 3. The zero-order chi connectivity index (χ0) is 93.2. The van der Waals surface area contributed by atoms with Crippen LogP contribution >= 0.6 is 33.8 Å². The molecule has 15 rings (SSSR count). The third kappa shape index (κ3) is 31.3. The molecule has 12 aromatic rings. The van der Waals surface area contributed by atoms with Gasteiger partial charge in [-0.15, -0.1) is 12.4 Å². The number of ether oxygens (including phenoxy) is 2. The fourth-order valence-corrected chi connectivity index (χ4v) is 13.9. The van der Waals surface area contributed by atoms with Crippen molar-refractivity contribution in [3.8, 4) is 35.3 Å². The minimum Gasteiger partial charge on any atom is -0.444 e. The number of carbonyl (C=O) groups excluding carboxylic acids is 5. The number of aromatic nitrogens is 6. The number of carbonyl (C=O) groups is 5. The number of nitriles is 3. The maximum atomic E-state index is 13.6. The van der Waals surface area contributed by atoms with Gasteiger partial charge >= 0.3 is 12.2 Å². The fraction of sp³-hybridized carbons (Fsp3) is 0.290. The first-order valence-electron chi connectivity index (χ1n) is 42.8. The molecule has 131 heavy (non-hydrogen) atoms. The highest BCUT2D eigenvalue weighted by atomic mass is 36.0. The maximum absolute atomic E-state index is 13.6. The lowest BCUT2D eigenvalue weighted by atomic mass is 9.96. The van der Waals surface area contributed by atoms with Gasteiger partial charge in [0, 0.05) is 58.1 Å². The van der Waals surface area contributed by atoms with Crippen LogP contribution in [0.5, 0.6) is 0 Å². The molecule has 12 N–H and O–H groups in total. The number of aliphatic hydroxyl groups is 1. The van der Waals surface area contributed by atoms with Crippen LogP contribution in [-0.2, 0) is 38.3 Å². The summed E-state index contributed by atoms with van der Waals surface area (Å²) in [5.41, 5.74) is 26.6. The van der Waals surface area contributed by atoms with E-state index in [9.17, 15) is 39.6 Å². The summed E-state index contributed by atoms with van der Waals surface area (Å²) in [7, 11) is 7.36. The smallest absolute Gasteiger partial charge is 0.407 e. The SMILES string of the molecule is Cc1cc(C(=O)Nc2cccc(C(NCC3CC3)c3cccc(C#N)c3)c2)n(-c2cccc(CN)c2)n1.Cc1cc(C(=O)Nc2cccc(C(NCC3CC3)c3cccc(C#N)c3)c2)n(-c2cccc(CNC(=O)OC(C)(C)C)c2)n1.Cc1cc(C(=O)Nc2cccc(C(O)c3cccc(C#N)c3)c2)n(-c2cccc(CNC(=O)OC(C)(C)C)c2)n1.Cl.NCC1CC1.O=S(Cl)Cl. The molecule has 3 aliphatic carbocycles. The molecule has 0 radical (unpaired) electrons. The molecule has 0 spiro atoms. The van der Waals surface area contributed by atoms with Gasteiger partial charge in [-0.05, 0) is 316 Å². The Morgan fingerprint density at radius 2 is 0.733 bits per heavy atom. The van der Waals surface area contributed by atoms with Gasteiger partial charge in [-0.1, -0.05) is 109 Å². The van der Waals surface area contributed by atoms with Gasteiger partial charge in [-0.25, -0.2) is 27.8 Å². The van der Waals surface area contributed by atoms with Crippen molar-refractivity contribution in [2.45, 2.75) is 150 Å². The number of aryl methyl sites for hydroxylation is 3. The number of aliphatic hydroxyl groups excluding tert-OH is 1. The van der Waals surface area contributed by atoms with Crippen LogP contribution in [0.3, 0.4) is 0 Å². The molecular weight excluding hydrogens is 1740 g/mol. The molecule has 9 aromatic carbocycles. The number of nitrogens with zero attached hydrogens (tertiary/aromatic N) is 9. The summed E-state index contributed by atoms with van der Waals surface area (Å²) in [6.07, 6.45) is 5.74. The van der Waals surface area contributed by atoms with E-state index in [1.165, 1.54) is 38.5 Å². The second kappa shape index (κ2) is 47.4. The monoisotopic (exact) mass is 1840 g/mol. The van der Waals surface area contributed by atoms with E-state index in [-0.39, 0.29) is 55.3 Å². The van der Waals surface area contributed by atoms with Crippen molar-refractivity contribution in [1.29, 1.82) is 15.8 Å². The van der Waals surface area contributed by atoms with Crippen LogP contribution in [0.15, 0.2) is 237 Å². The molecule has 3 fully saturated rings. The zero-order valence-corrected chi connectivity index (χ0v) is 77.6. The zero-order valence-electron chi connectivity index (χ0n) is 74.4. The van der Waals surface area contributed by atoms with Gasteiger partial charge in [0.25, 0.3) is 17.7 Å². The van der Waals surface area contributed by atoms with Crippen molar-refractivity contribution < 1.29 is 42.8 Å². The standard InChI is InChI=1S/C35H38N6O3.C31H31N5O4.C30H30N6O.C4H9N.Cl2OS.ClH/c1-23-16-31(41(40-23)30-13-6-9-26(18-30)22-38-34(43)44-35(2,3)4)33(42)39-29-12-7-11-28(19-29)32(37-21-24-14-15-24)27-10-5-8-25(17-27)20-36;1-20-14-27(36(35-20)26-13-6-9-22(16-26)19-33-30(39)40-31(2,3)4)29(38)34-25-12-7-11-24(17-25)28(37)23-10-5-8-21(15-23)18-32;1-20-13-28(36(35-20)27-10-3-6-23(15-27)18-32)30(37)34-26-9-4-8-25(16-26)29(33-19-21-11-12-21)24-7-2-5-22(14-24)17-31;5-3-4-1-2-4;1-4(2)3;/h5-13,16-19,24,32,37H,14-15,21-22H2,1-4H3,(H,38,43)(H,39,42);5-17,28,37H,19H2,1-4H3,(H,33,39)(H,34,38);2-10,13-16,21,29,33H,11-12,18-19,32H2,1H3,(H,34,37);4H,1-3,5H2;;1H. The molecule has 0 bridgehead atoms. The van der Waals surface area contributed by atoms with E-state index < -0.39 is 38.7 Å². The molecule has 680 valence electrons. The number of hydrogen-bond acceptors (Lipinski definition) is 19. The van der Waals surface area contributed by atoms with Crippen molar-refractivity contribution in [3.05, 3.63) is 338 Å². The van der Waals surface area contributed by atoms with E-state index in [0.717, 1.165) is 75.9 Å². The van der Waals surface area contributed by atoms with E-state index in [2.05, 4.69) is 92.1 Å². The largest absolute Gasteiger partial charge is 0.444 e. The molecule has 5 amide bonds. The Morgan fingerprint density at radius 1 is 0.443 bits per heavy atom. The fourth-order valence-electron chi connectivity index (χ4n) is 13.9. The summed E-state index contributed by atoms with van der Waals surface area (Å²) in [4.78, 5) is 64.5. The van der Waals surface area contributed by atoms with Gasteiger partial charge in [0.05, 0.1) is 81.1 Å². The molecule has 3 unspecified atom stereocenters. The number of benzene rings is 9. The molecule has 0 saturated heterocycles. The Kier molecular flexibility index (Phi) is 36.2. The number of rotatable bonds is 27. The van der Waals surface area contributed by atoms with Crippen LogP contribution in [-0.4, -0.2) is 99.4 Å². The first-order chi connectivity index (χ1) is 62.3. The van der Waals surface area contributed by atoms with Crippen LogP contribution < -0.4 is 48.7 Å². The first-order valence-corrected chi connectivity index (χ1v) is 45.6. The summed E-state index contributed by atoms with van der Waals surface area (Å²) in [6.45, 7) is 20.0. The third-order valence-electron chi connectivity index (χ3n) is 20.7. The van der Waals surface area contributed by atoms with Crippen molar-refractivity contribution in [2.24, 2.45) is 29.2 Å². The van der Waals surface area contributed by atoms with Gasteiger partial charge < -0.3 is 63.3 Å². The number of nitrogens with two attached hydrogens (primary N) is 2. The summed E-state index contributed by atoms with van der Waals surface area (Å²) in [5.74, 6) is 1.37. The Balaban J connectivity index is 0.000000194. The first kappa shape index (κ1) is 100. The lowest BCUT2D eigenvalue weighted by Gasteiger charge is -2.21. The third-order valence-corrected chi connectivity index (χ3v) is 20.7. The molecule has 31 heteroatoms. The van der Waals surface area contributed by atoms with Gasteiger partial charge in [0.2, 0.25) is 9.23 Å². The lowest BCUT2D eigenvalue weighted by molar-refractivity contribution is 0.0512. The molecule has 3 aromatic heterocycles. The van der Waals surface area contributed by atoms with Crippen LogP contribution in [0.2, 0.25) is 0 Å². The average molecular weight is 1850 g/mol. The Morgan fingerprint density at radius 3 is 1.05 bits per heavy atom. The van der Waals surface area contributed by atoms with Crippen molar-refractivity contribution in [3.63, 3.8) is 0 Å². The normalized spacial score (nSPS) is 13.2. The molecule has 3 heterocycles. The van der Waals surface area contributed by atoms with Gasteiger partial charge in [-0.2, -0.15) is 31.1 Å². The predicted octanol–water partition coefficient (Wildman–Crippen LogP) is 18.5. The predicted molar refractivity (Wildman–Crippen MR) is 514 cm³/mol. The van der Waals surface area contributed by atoms with Crippen molar-refractivity contribution in [1.82, 2.24) is 50.6 Å². The molecule has 27 nitrogen and oxygen atoms in total. The summed E-state index contributed by atoms with van der Waals surface area (Å²) in [5, 5.41) is 74.4. The van der Waals surface area contributed by atoms with Gasteiger partial charge in [-0.3, -0.25) is 14.4 Å². The number of nitrogens with one attached hydrogen (secondary N) is 7. The van der Waals surface area contributed by atoms with Crippen molar-refractivity contribution >= 4 is 90.0 Å². The second-order valence-corrected chi connectivity index (χ2v) is 36.5. The molecular formula is C100H109Cl3N18O9S. The molecule has 0 aliphatic heterocycles. The van der Waals surface area contributed by atoms with Gasteiger partial charge in [0.1, 0.15) is 34.4 Å². The highest BCUT2D eigenvalue weighted by molar-refractivity contribution is 8.26. The van der Waals surface area contributed by atoms with Crippen LogP contribution in [0.1, 0.15) is 214 Å². The topological polar surface area (TPSA) is 402 Å². The number of amides is 5. The number of alkyl carbamates (subject to hydrolysis) is 2. The summed E-state index contributed by atoms with van der Waals surface area (Å²) >= 11 is 0. The molecule has 3 atom stereocenters. The van der Waals surface area contributed by atoms with E-state index >= 15 is 0 Å². The Bertz CT molecular complexity index is 6120. The van der Waals surface area contributed by atoms with Crippen LogP contribution in [0, 0.1) is 72.5 Å². The quantitative estimate of drug-likeness (QED) is 0.0214. The minimum atomic E-state index is -1.67. The van der Waals surface area contributed by atoms with Crippen molar-refractivity contribution in [2.75, 3.05) is 35.6 Å². The number of hydrogen-bond donors (Lipinski definition) is 10. The average Bonchev–Trinajstić information content (AvgIpc) is 1.73. The Labute approximate surface area is 781 Å². The highest BCUT2D eigenvalue weighted by Crippen LogP contribution is 2.35. The van der Waals surface area contributed by atoms with Crippen LogP contribution in [0.25, 0.3) is 17.1 Å². The number of anilines is 3. The van der Waals surface area contributed by atoms with E-state index in [1.807, 2.05) is 198 Å². The summed E-state index contributed by atoms with van der Waals surface area (Å²) < 4.78 is 24.5. The minimum absolute atomic E-state index is 0. The van der Waals surface area contributed by atoms with E-state index in [0.29, 0.717) is 103 Å². The van der Waals surface area contributed by atoms with Crippen LogP contribution in [0.4, 0.5) is 26.7 Å². The van der Waals surface area contributed by atoms with Gasteiger partial charge in [0.15, 0.2) is 0 Å².